The Labute approximate surface area is 185 Å². The van der Waals surface area contributed by atoms with Crippen molar-refractivity contribution in [1.29, 1.82) is 0 Å². The van der Waals surface area contributed by atoms with Gasteiger partial charge in [0.05, 0.1) is 6.26 Å². The van der Waals surface area contributed by atoms with E-state index in [1.807, 2.05) is 12.1 Å². The van der Waals surface area contributed by atoms with Crippen LogP contribution in [-0.2, 0) is 17.6 Å². The lowest BCUT2D eigenvalue weighted by atomic mass is 10.0. The minimum Gasteiger partial charge on any atom is -0.469 e. The van der Waals surface area contributed by atoms with Crippen molar-refractivity contribution in [3.05, 3.63) is 60.1 Å². The predicted octanol–water partition coefficient (Wildman–Crippen LogP) is 4.03. The molecule has 0 bridgehead atoms. The van der Waals surface area contributed by atoms with Gasteiger partial charge in [0.25, 0.3) is 0 Å². The van der Waals surface area contributed by atoms with Gasteiger partial charge >= 0.3 is 0 Å². The molecule has 0 saturated heterocycles. The number of hydrogen-bond acceptors (Lipinski definition) is 3. The maximum Gasteiger partial charge on any atom is 0.191 e. The Hall–Kier alpha value is -1.54. The Morgan fingerprint density at radius 1 is 1.07 bits per heavy atom. The number of aliphatic imine (C=N–C) groups is 1. The summed E-state index contributed by atoms with van der Waals surface area (Å²) in [4.78, 5) is 4.87. The Balaban J connectivity index is 0.00000280. The Bertz CT molecular complexity index is 685. The maximum absolute atomic E-state index is 5.41. The van der Waals surface area contributed by atoms with Gasteiger partial charge < -0.3 is 19.8 Å². The second-order valence-electron chi connectivity index (χ2n) is 7.33. The molecule has 1 aliphatic rings. The second-order valence-corrected chi connectivity index (χ2v) is 7.33. The molecule has 1 saturated carbocycles. The summed E-state index contributed by atoms with van der Waals surface area (Å²) in [6, 6.07) is 14.5. The van der Waals surface area contributed by atoms with E-state index in [0.717, 1.165) is 57.2 Å². The largest absolute Gasteiger partial charge is 0.469 e. The first-order valence-electron chi connectivity index (χ1n) is 9.87. The van der Waals surface area contributed by atoms with Crippen molar-refractivity contribution in [2.75, 3.05) is 33.4 Å². The third kappa shape index (κ3) is 7.83. The summed E-state index contributed by atoms with van der Waals surface area (Å²) in [6.07, 6.45) is 7.15. The Morgan fingerprint density at radius 3 is 2.46 bits per heavy atom. The lowest BCUT2D eigenvalue weighted by Crippen LogP contribution is -2.40. The van der Waals surface area contributed by atoms with Crippen LogP contribution in [-0.4, -0.2) is 39.3 Å². The molecule has 1 aromatic heterocycles. The molecule has 0 spiro atoms. The van der Waals surface area contributed by atoms with E-state index in [0.29, 0.717) is 5.41 Å². The molecule has 2 aromatic rings. The number of hydrogen-bond donors (Lipinski definition) is 2. The van der Waals surface area contributed by atoms with Crippen LogP contribution in [0, 0.1) is 5.41 Å². The van der Waals surface area contributed by atoms with Crippen LogP contribution in [0.5, 0.6) is 0 Å². The van der Waals surface area contributed by atoms with Crippen LogP contribution in [0.3, 0.4) is 0 Å². The maximum atomic E-state index is 5.41. The SMILES string of the molecule is COCCC1(CN=C(NCCc2ccccc2)NCCc2ccco2)CC1.I. The molecule has 6 heteroatoms. The lowest BCUT2D eigenvalue weighted by Gasteiger charge is -2.16. The number of ether oxygens (including phenoxy) is 1. The summed E-state index contributed by atoms with van der Waals surface area (Å²) in [5.74, 6) is 1.88. The zero-order valence-corrected chi connectivity index (χ0v) is 19.0. The van der Waals surface area contributed by atoms with Crippen molar-refractivity contribution in [2.24, 2.45) is 10.4 Å². The van der Waals surface area contributed by atoms with Crippen LogP contribution in [0.4, 0.5) is 0 Å². The number of halogens is 1. The molecule has 0 aliphatic heterocycles. The van der Waals surface area contributed by atoms with Crippen molar-refractivity contribution in [1.82, 2.24) is 10.6 Å². The summed E-state index contributed by atoms with van der Waals surface area (Å²) < 4.78 is 10.7. The highest BCUT2D eigenvalue weighted by Gasteiger charge is 2.41. The number of nitrogens with one attached hydrogen (secondary N) is 2. The first-order valence-corrected chi connectivity index (χ1v) is 9.87. The molecule has 1 aliphatic carbocycles. The van der Waals surface area contributed by atoms with Gasteiger partial charge in [-0.25, -0.2) is 0 Å². The summed E-state index contributed by atoms with van der Waals surface area (Å²) in [7, 11) is 1.77. The van der Waals surface area contributed by atoms with Gasteiger partial charge in [0.15, 0.2) is 5.96 Å². The molecule has 3 rings (SSSR count). The van der Waals surface area contributed by atoms with Crippen LogP contribution in [0.25, 0.3) is 0 Å². The highest BCUT2D eigenvalue weighted by molar-refractivity contribution is 14.0. The van der Waals surface area contributed by atoms with Crippen molar-refractivity contribution in [3.8, 4) is 0 Å². The highest BCUT2D eigenvalue weighted by atomic mass is 127. The van der Waals surface area contributed by atoms with Gasteiger partial charge in [-0.1, -0.05) is 30.3 Å². The lowest BCUT2D eigenvalue weighted by molar-refractivity contribution is 0.174. The average molecular weight is 497 g/mol. The first kappa shape index (κ1) is 22.7. The van der Waals surface area contributed by atoms with Crippen LogP contribution < -0.4 is 10.6 Å². The average Bonchev–Trinajstić information content (AvgIpc) is 3.28. The fourth-order valence-corrected chi connectivity index (χ4v) is 3.13. The summed E-state index contributed by atoms with van der Waals surface area (Å²) >= 11 is 0. The number of rotatable bonds is 11. The molecule has 1 aromatic carbocycles. The number of methoxy groups -OCH3 is 1. The van der Waals surface area contributed by atoms with Gasteiger partial charge in [-0.05, 0) is 48.8 Å². The fourth-order valence-electron chi connectivity index (χ4n) is 3.13. The third-order valence-electron chi connectivity index (χ3n) is 5.16. The summed E-state index contributed by atoms with van der Waals surface area (Å²) in [5, 5.41) is 6.93. The quantitative estimate of drug-likeness (QED) is 0.280. The molecule has 1 heterocycles. The van der Waals surface area contributed by atoms with E-state index in [4.69, 9.17) is 14.1 Å². The van der Waals surface area contributed by atoms with Crippen molar-refractivity contribution in [2.45, 2.75) is 32.1 Å². The molecule has 0 radical (unpaired) electrons. The molecule has 0 amide bonds. The van der Waals surface area contributed by atoms with Gasteiger partial charge in [0, 0.05) is 39.8 Å². The topological polar surface area (TPSA) is 58.8 Å². The molecule has 0 unspecified atom stereocenters. The fraction of sp³-hybridized carbons (Fsp3) is 0.500. The highest BCUT2D eigenvalue weighted by Crippen LogP contribution is 2.48. The standard InChI is InChI=1S/C22H31N3O2.HI/c1-26-17-13-22(11-12-22)18-25-21(24-15-10-20-8-5-16-27-20)23-14-9-19-6-3-2-4-7-19;/h2-8,16H,9-15,17-18H2,1H3,(H2,23,24,25);1H. The van der Waals surface area contributed by atoms with E-state index >= 15 is 0 Å². The van der Waals surface area contributed by atoms with E-state index < -0.39 is 0 Å². The molecular formula is C22H32IN3O2. The van der Waals surface area contributed by atoms with Gasteiger partial charge in [-0.2, -0.15) is 0 Å². The van der Waals surface area contributed by atoms with Crippen molar-refractivity contribution in [3.63, 3.8) is 0 Å². The molecule has 1 fully saturated rings. The van der Waals surface area contributed by atoms with Crippen molar-refractivity contribution < 1.29 is 9.15 Å². The number of furan rings is 1. The molecule has 154 valence electrons. The van der Waals surface area contributed by atoms with Crippen LogP contribution >= 0.6 is 24.0 Å². The predicted molar refractivity (Wildman–Crippen MR) is 124 cm³/mol. The van der Waals surface area contributed by atoms with E-state index in [-0.39, 0.29) is 24.0 Å². The Morgan fingerprint density at radius 2 is 1.82 bits per heavy atom. The van der Waals surface area contributed by atoms with E-state index in [1.165, 1.54) is 18.4 Å². The van der Waals surface area contributed by atoms with E-state index in [1.54, 1.807) is 13.4 Å². The minimum atomic E-state index is 0. The normalized spacial score (nSPS) is 15.0. The molecule has 2 N–H and O–H groups in total. The van der Waals surface area contributed by atoms with E-state index in [9.17, 15) is 0 Å². The number of benzene rings is 1. The number of nitrogens with zero attached hydrogens (tertiary/aromatic N) is 1. The van der Waals surface area contributed by atoms with Crippen molar-refractivity contribution >= 4 is 29.9 Å². The smallest absolute Gasteiger partial charge is 0.191 e. The van der Waals surface area contributed by atoms with Crippen LogP contribution in [0.2, 0.25) is 0 Å². The van der Waals surface area contributed by atoms with E-state index in [2.05, 4.69) is 41.0 Å². The van der Waals surface area contributed by atoms with Gasteiger partial charge in [-0.15, -0.1) is 24.0 Å². The molecular weight excluding hydrogens is 465 g/mol. The zero-order chi connectivity index (χ0) is 18.8. The second kappa shape index (κ2) is 12.1. The minimum absolute atomic E-state index is 0. The molecule has 0 atom stereocenters. The summed E-state index contributed by atoms with van der Waals surface area (Å²) in [6.45, 7) is 3.34. The first-order chi connectivity index (χ1) is 13.3. The number of guanidine groups is 1. The van der Waals surface area contributed by atoms with Crippen LogP contribution in [0.15, 0.2) is 58.1 Å². The third-order valence-corrected chi connectivity index (χ3v) is 5.16. The monoisotopic (exact) mass is 497 g/mol. The molecule has 5 nitrogen and oxygen atoms in total. The van der Waals surface area contributed by atoms with Gasteiger partial charge in [0.2, 0.25) is 0 Å². The zero-order valence-electron chi connectivity index (χ0n) is 16.7. The summed E-state index contributed by atoms with van der Waals surface area (Å²) in [5.41, 5.74) is 1.68. The van der Waals surface area contributed by atoms with Gasteiger partial charge in [-0.3, -0.25) is 4.99 Å². The molecule has 28 heavy (non-hydrogen) atoms. The van der Waals surface area contributed by atoms with Crippen LogP contribution in [0.1, 0.15) is 30.6 Å². The van der Waals surface area contributed by atoms with Gasteiger partial charge in [0.1, 0.15) is 5.76 Å². The Kier molecular flexibility index (Phi) is 9.84.